The molecule has 0 saturated carbocycles. The first kappa shape index (κ1) is 15.1. The monoisotopic (exact) mass is 291 g/mol. The summed E-state index contributed by atoms with van der Waals surface area (Å²) in [5, 5.41) is 4.02. The van der Waals surface area contributed by atoms with Gasteiger partial charge >= 0.3 is 0 Å². The minimum Gasteiger partial charge on any atom is -0.337 e. The van der Waals surface area contributed by atoms with E-state index in [-0.39, 0.29) is 0 Å². The summed E-state index contributed by atoms with van der Waals surface area (Å²) in [5.74, 6) is 1.93. The molecule has 0 aliphatic heterocycles. The number of aryl methyl sites for hydroxylation is 1. The Bertz CT molecular complexity index is 547. The lowest BCUT2D eigenvalue weighted by atomic mass is 9.94. The van der Waals surface area contributed by atoms with Crippen LogP contribution in [0.4, 0.5) is 0 Å². The number of hydrogen-bond donors (Lipinski definition) is 1. The molecule has 108 valence electrons. The van der Waals surface area contributed by atoms with E-state index in [4.69, 9.17) is 10.3 Å². The summed E-state index contributed by atoms with van der Waals surface area (Å²) in [4.78, 5) is 5.63. The number of benzene rings is 1. The molecule has 1 aromatic heterocycles. The molecule has 0 aliphatic carbocycles. The molecule has 0 fully saturated rings. The summed E-state index contributed by atoms with van der Waals surface area (Å²) < 4.78 is 5.32. The Labute approximate surface area is 124 Å². The van der Waals surface area contributed by atoms with Gasteiger partial charge in [-0.25, -0.2) is 0 Å². The summed E-state index contributed by atoms with van der Waals surface area (Å²) in [6.07, 6.45) is 1.58. The van der Waals surface area contributed by atoms with E-state index in [1.54, 1.807) is 11.8 Å². The van der Waals surface area contributed by atoms with Gasteiger partial charge in [0.1, 0.15) is 0 Å². The van der Waals surface area contributed by atoms with Gasteiger partial charge in [0.25, 0.3) is 0 Å². The van der Waals surface area contributed by atoms with Crippen molar-refractivity contribution in [1.29, 1.82) is 0 Å². The molecule has 0 radical (unpaired) electrons. The molecular formula is C15H21N3OS. The lowest BCUT2D eigenvalue weighted by molar-refractivity contribution is 0.267. The maximum atomic E-state index is 6.25. The lowest BCUT2D eigenvalue weighted by Gasteiger charge is -2.20. The fraction of sp³-hybridized carbons (Fsp3) is 0.467. The average molecular weight is 291 g/mol. The zero-order valence-corrected chi connectivity index (χ0v) is 13.0. The van der Waals surface area contributed by atoms with Crippen LogP contribution in [-0.4, -0.2) is 10.1 Å². The zero-order chi connectivity index (χ0) is 14.6. The van der Waals surface area contributed by atoms with Gasteiger partial charge in [0.05, 0.1) is 11.3 Å². The zero-order valence-electron chi connectivity index (χ0n) is 12.2. The number of nitrogens with two attached hydrogens (primary N) is 1. The Balaban J connectivity index is 2.01. The van der Waals surface area contributed by atoms with Crippen LogP contribution in [0.1, 0.15) is 44.0 Å². The van der Waals surface area contributed by atoms with Crippen LogP contribution in [0.15, 0.2) is 33.7 Å². The van der Waals surface area contributed by atoms with Crippen LogP contribution in [0, 0.1) is 6.92 Å². The fourth-order valence-electron chi connectivity index (χ4n) is 1.85. The van der Waals surface area contributed by atoms with Crippen molar-refractivity contribution in [2.75, 3.05) is 0 Å². The van der Waals surface area contributed by atoms with E-state index in [2.05, 4.69) is 41.3 Å². The molecular weight excluding hydrogens is 270 g/mol. The second kappa shape index (κ2) is 6.41. The van der Waals surface area contributed by atoms with Gasteiger partial charge in [-0.05, 0) is 31.9 Å². The van der Waals surface area contributed by atoms with E-state index in [0.717, 1.165) is 12.8 Å². The molecule has 0 unspecified atom stereocenters. The first-order valence-electron chi connectivity index (χ1n) is 6.89. The van der Waals surface area contributed by atoms with E-state index < -0.39 is 5.54 Å². The molecule has 1 heterocycles. The highest BCUT2D eigenvalue weighted by atomic mass is 32.2. The molecule has 20 heavy (non-hydrogen) atoms. The normalized spacial score (nSPS) is 11.8. The number of nitrogens with zero attached hydrogens (tertiary/aromatic N) is 2. The maximum absolute atomic E-state index is 6.25. The molecule has 2 N–H and O–H groups in total. The van der Waals surface area contributed by atoms with Crippen LogP contribution in [0.5, 0.6) is 0 Å². The lowest BCUT2D eigenvalue weighted by Crippen LogP contribution is -2.35. The number of hydrogen-bond acceptors (Lipinski definition) is 5. The molecule has 2 rings (SSSR count). The SMILES string of the molecule is CCC(N)(CC)c1nc(CSc2ccc(C)cc2)no1. The third-order valence-corrected chi connectivity index (χ3v) is 4.55. The standard InChI is InChI=1S/C15H21N3OS/c1-4-15(16,5-2)14-17-13(18-19-14)10-20-12-8-6-11(3)7-9-12/h6-9H,4-5,10,16H2,1-3H3. The number of thioether (sulfide) groups is 1. The summed E-state index contributed by atoms with van der Waals surface area (Å²) in [5.41, 5.74) is 7.01. The average Bonchev–Trinajstić information content (AvgIpc) is 2.95. The first-order chi connectivity index (χ1) is 9.57. The summed E-state index contributed by atoms with van der Waals surface area (Å²) in [6, 6.07) is 8.41. The summed E-state index contributed by atoms with van der Waals surface area (Å²) in [7, 11) is 0. The van der Waals surface area contributed by atoms with Crippen molar-refractivity contribution in [3.8, 4) is 0 Å². The van der Waals surface area contributed by atoms with Crippen molar-refractivity contribution in [1.82, 2.24) is 10.1 Å². The van der Waals surface area contributed by atoms with E-state index >= 15 is 0 Å². The van der Waals surface area contributed by atoms with Gasteiger partial charge in [-0.2, -0.15) is 4.98 Å². The highest BCUT2D eigenvalue weighted by Gasteiger charge is 2.29. The van der Waals surface area contributed by atoms with Gasteiger partial charge in [-0.1, -0.05) is 36.7 Å². The Morgan fingerprint density at radius 3 is 2.45 bits per heavy atom. The second-order valence-electron chi connectivity index (χ2n) is 4.98. The van der Waals surface area contributed by atoms with Gasteiger partial charge < -0.3 is 10.3 Å². The molecule has 2 aromatic rings. The van der Waals surface area contributed by atoms with E-state index in [1.165, 1.54) is 10.5 Å². The third-order valence-electron chi connectivity index (χ3n) is 3.54. The molecule has 5 heteroatoms. The minimum absolute atomic E-state index is 0.500. The maximum Gasteiger partial charge on any atom is 0.246 e. The molecule has 1 aromatic carbocycles. The van der Waals surface area contributed by atoms with Gasteiger partial charge in [-0.3, -0.25) is 0 Å². The Morgan fingerprint density at radius 1 is 1.20 bits per heavy atom. The molecule has 0 bridgehead atoms. The predicted molar refractivity (Wildman–Crippen MR) is 81.5 cm³/mol. The van der Waals surface area contributed by atoms with Gasteiger partial charge in [0.2, 0.25) is 5.89 Å². The Kier molecular flexibility index (Phi) is 4.83. The highest BCUT2D eigenvalue weighted by molar-refractivity contribution is 7.98. The Morgan fingerprint density at radius 2 is 1.85 bits per heavy atom. The van der Waals surface area contributed by atoms with Gasteiger partial charge in [0.15, 0.2) is 5.82 Å². The third kappa shape index (κ3) is 3.41. The first-order valence-corrected chi connectivity index (χ1v) is 7.87. The smallest absolute Gasteiger partial charge is 0.246 e. The van der Waals surface area contributed by atoms with Crippen molar-refractivity contribution >= 4 is 11.8 Å². The molecule has 0 aliphatic rings. The largest absolute Gasteiger partial charge is 0.337 e. The van der Waals surface area contributed by atoms with Crippen LogP contribution in [-0.2, 0) is 11.3 Å². The highest BCUT2D eigenvalue weighted by Crippen LogP contribution is 2.26. The van der Waals surface area contributed by atoms with E-state index in [9.17, 15) is 0 Å². The molecule has 0 spiro atoms. The van der Waals surface area contributed by atoms with Crippen molar-refractivity contribution in [2.45, 2.75) is 49.8 Å². The molecule has 0 amide bonds. The second-order valence-corrected chi connectivity index (χ2v) is 6.03. The quantitative estimate of drug-likeness (QED) is 0.823. The summed E-state index contributed by atoms with van der Waals surface area (Å²) in [6.45, 7) is 6.15. The predicted octanol–water partition coefficient (Wildman–Crippen LogP) is 3.64. The van der Waals surface area contributed by atoms with Crippen LogP contribution in [0.25, 0.3) is 0 Å². The van der Waals surface area contributed by atoms with Crippen LogP contribution in [0.2, 0.25) is 0 Å². The molecule has 0 saturated heterocycles. The van der Waals surface area contributed by atoms with Crippen LogP contribution in [0.3, 0.4) is 0 Å². The van der Waals surface area contributed by atoms with Crippen molar-refractivity contribution < 1.29 is 4.52 Å². The summed E-state index contributed by atoms with van der Waals surface area (Å²) >= 11 is 1.70. The van der Waals surface area contributed by atoms with E-state index in [1.807, 2.05) is 13.8 Å². The van der Waals surface area contributed by atoms with Crippen LogP contribution >= 0.6 is 11.8 Å². The number of rotatable bonds is 6. The van der Waals surface area contributed by atoms with Crippen molar-refractivity contribution in [2.24, 2.45) is 5.73 Å². The van der Waals surface area contributed by atoms with Gasteiger partial charge in [-0.15, -0.1) is 11.8 Å². The minimum atomic E-state index is -0.500. The van der Waals surface area contributed by atoms with Crippen LogP contribution < -0.4 is 5.73 Å². The molecule has 4 nitrogen and oxygen atoms in total. The fourth-order valence-corrected chi connectivity index (χ4v) is 2.59. The van der Waals surface area contributed by atoms with E-state index in [0.29, 0.717) is 17.5 Å². The van der Waals surface area contributed by atoms with Crippen molar-refractivity contribution in [3.05, 3.63) is 41.5 Å². The molecule has 0 atom stereocenters. The van der Waals surface area contributed by atoms with Gasteiger partial charge in [0, 0.05) is 4.90 Å². The topological polar surface area (TPSA) is 64.9 Å². The Hall–Kier alpha value is -1.33. The number of aromatic nitrogens is 2. The van der Waals surface area contributed by atoms with Crippen molar-refractivity contribution in [3.63, 3.8) is 0 Å².